The third-order valence-corrected chi connectivity index (χ3v) is 4.34. The van der Waals surface area contributed by atoms with Crippen molar-refractivity contribution in [1.29, 1.82) is 0 Å². The van der Waals surface area contributed by atoms with Crippen LogP contribution in [0.3, 0.4) is 0 Å². The Hall–Kier alpha value is -0.910. The second-order valence-corrected chi connectivity index (χ2v) is 6.24. The number of imidazole rings is 1. The molecule has 3 aromatic rings. The van der Waals surface area contributed by atoms with Crippen LogP contribution in [0.4, 0.5) is 4.39 Å². The molecular weight excluding hydrogens is 410 g/mol. The van der Waals surface area contributed by atoms with Gasteiger partial charge in [0.25, 0.3) is 0 Å². The van der Waals surface area contributed by atoms with Crippen LogP contribution in [0.1, 0.15) is 5.82 Å². The zero-order valence-electron chi connectivity index (χ0n) is 10.1. The van der Waals surface area contributed by atoms with Gasteiger partial charge in [-0.15, -0.1) is 11.6 Å². The van der Waals surface area contributed by atoms with E-state index in [2.05, 4.69) is 36.8 Å². The minimum atomic E-state index is -0.326. The van der Waals surface area contributed by atoms with Crippen LogP contribution in [0.15, 0.2) is 45.3 Å². The number of benzene rings is 2. The average molecular weight is 418 g/mol. The molecule has 0 aliphatic rings. The Morgan fingerprint density at radius 2 is 2.00 bits per heavy atom. The topological polar surface area (TPSA) is 17.8 Å². The molecule has 2 nitrogen and oxygen atoms in total. The highest BCUT2D eigenvalue weighted by molar-refractivity contribution is 9.10. The van der Waals surface area contributed by atoms with Crippen LogP contribution >= 0.6 is 43.5 Å². The fourth-order valence-electron chi connectivity index (χ4n) is 2.15. The van der Waals surface area contributed by atoms with Gasteiger partial charge in [0.2, 0.25) is 0 Å². The second-order valence-electron chi connectivity index (χ2n) is 4.20. The standard InChI is InChI=1S/C14H8Br2ClFN2/c15-8-4-5-12-11(6-8)19-13(7-17)20(12)14-9(16)2-1-3-10(14)18/h1-6H,7H2. The molecule has 0 N–H and O–H groups in total. The molecule has 0 radical (unpaired) electrons. The van der Waals surface area contributed by atoms with E-state index in [0.29, 0.717) is 16.0 Å². The average Bonchev–Trinajstić information content (AvgIpc) is 2.76. The first-order valence-corrected chi connectivity index (χ1v) is 7.91. The maximum atomic E-state index is 14.2. The van der Waals surface area contributed by atoms with Gasteiger partial charge in [0.05, 0.1) is 22.6 Å². The van der Waals surface area contributed by atoms with Gasteiger partial charge in [-0.2, -0.15) is 0 Å². The highest BCUT2D eigenvalue weighted by Gasteiger charge is 2.17. The largest absolute Gasteiger partial charge is 0.291 e. The van der Waals surface area contributed by atoms with Crippen LogP contribution in [-0.4, -0.2) is 9.55 Å². The summed E-state index contributed by atoms with van der Waals surface area (Å²) < 4.78 is 17.5. The quantitative estimate of drug-likeness (QED) is 0.508. The Bertz CT molecular complexity index is 781. The van der Waals surface area contributed by atoms with E-state index >= 15 is 0 Å². The van der Waals surface area contributed by atoms with Crippen molar-refractivity contribution < 1.29 is 4.39 Å². The molecule has 0 aliphatic heterocycles. The molecule has 20 heavy (non-hydrogen) atoms. The van der Waals surface area contributed by atoms with E-state index in [1.54, 1.807) is 16.7 Å². The van der Waals surface area contributed by atoms with E-state index in [1.807, 2.05) is 18.2 Å². The van der Waals surface area contributed by atoms with Crippen LogP contribution in [0.5, 0.6) is 0 Å². The molecule has 102 valence electrons. The Morgan fingerprint density at radius 1 is 1.20 bits per heavy atom. The zero-order valence-corrected chi connectivity index (χ0v) is 14.0. The summed E-state index contributed by atoms with van der Waals surface area (Å²) in [6.07, 6.45) is 0. The minimum absolute atomic E-state index is 0.201. The van der Waals surface area contributed by atoms with Crippen molar-refractivity contribution in [1.82, 2.24) is 9.55 Å². The maximum Gasteiger partial charge on any atom is 0.148 e. The summed E-state index contributed by atoms with van der Waals surface area (Å²) in [5, 5.41) is 0. The minimum Gasteiger partial charge on any atom is -0.291 e. The van der Waals surface area contributed by atoms with E-state index in [9.17, 15) is 4.39 Å². The molecule has 0 bridgehead atoms. The Kier molecular flexibility index (Phi) is 3.84. The molecule has 2 aromatic carbocycles. The summed E-state index contributed by atoms with van der Waals surface area (Å²) in [7, 11) is 0. The first-order chi connectivity index (χ1) is 9.61. The highest BCUT2D eigenvalue weighted by Crippen LogP contribution is 2.31. The molecule has 0 atom stereocenters. The van der Waals surface area contributed by atoms with Crippen LogP contribution in [-0.2, 0) is 5.88 Å². The van der Waals surface area contributed by atoms with E-state index in [4.69, 9.17) is 11.6 Å². The molecule has 0 amide bonds. The van der Waals surface area contributed by atoms with Gasteiger partial charge in [-0.25, -0.2) is 9.37 Å². The van der Waals surface area contributed by atoms with Gasteiger partial charge in [0.1, 0.15) is 11.6 Å². The number of nitrogens with zero attached hydrogens (tertiary/aromatic N) is 2. The van der Waals surface area contributed by atoms with Crippen molar-refractivity contribution in [3.8, 4) is 5.69 Å². The van der Waals surface area contributed by atoms with Gasteiger partial charge in [0, 0.05) is 8.95 Å². The number of rotatable bonds is 2. The van der Waals surface area contributed by atoms with Crippen molar-refractivity contribution in [3.63, 3.8) is 0 Å². The Balaban J connectivity index is 2.40. The molecule has 0 saturated heterocycles. The molecule has 0 spiro atoms. The lowest BCUT2D eigenvalue weighted by atomic mass is 10.2. The summed E-state index contributed by atoms with van der Waals surface area (Å²) in [6, 6.07) is 10.5. The van der Waals surface area contributed by atoms with Crippen LogP contribution in [0.25, 0.3) is 16.7 Å². The lowest BCUT2D eigenvalue weighted by Crippen LogP contribution is -2.03. The lowest BCUT2D eigenvalue weighted by Gasteiger charge is -2.11. The zero-order chi connectivity index (χ0) is 14.3. The lowest BCUT2D eigenvalue weighted by molar-refractivity contribution is 0.616. The van der Waals surface area contributed by atoms with Gasteiger partial charge in [-0.05, 0) is 46.3 Å². The fraction of sp³-hybridized carbons (Fsp3) is 0.0714. The highest BCUT2D eigenvalue weighted by atomic mass is 79.9. The third kappa shape index (κ3) is 2.28. The first-order valence-electron chi connectivity index (χ1n) is 5.79. The van der Waals surface area contributed by atoms with Crippen molar-refractivity contribution in [2.45, 2.75) is 5.88 Å². The number of hydrogen-bond donors (Lipinski definition) is 0. The monoisotopic (exact) mass is 416 g/mol. The molecule has 0 unspecified atom stereocenters. The van der Waals surface area contributed by atoms with Crippen molar-refractivity contribution in [2.75, 3.05) is 0 Å². The Morgan fingerprint density at radius 3 is 2.70 bits per heavy atom. The normalized spacial score (nSPS) is 11.2. The van der Waals surface area contributed by atoms with Crippen molar-refractivity contribution >= 4 is 54.5 Å². The molecule has 0 fully saturated rings. The molecular formula is C14H8Br2ClFN2. The maximum absolute atomic E-state index is 14.2. The smallest absolute Gasteiger partial charge is 0.148 e. The number of hydrogen-bond acceptors (Lipinski definition) is 1. The summed E-state index contributed by atoms with van der Waals surface area (Å²) in [5.41, 5.74) is 2.01. The van der Waals surface area contributed by atoms with Crippen molar-refractivity contribution in [2.24, 2.45) is 0 Å². The van der Waals surface area contributed by atoms with Gasteiger partial charge in [-0.3, -0.25) is 4.57 Å². The third-order valence-electron chi connectivity index (χ3n) is 2.97. The van der Waals surface area contributed by atoms with Crippen LogP contribution in [0, 0.1) is 5.82 Å². The van der Waals surface area contributed by atoms with E-state index in [-0.39, 0.29) is 11.7 Å². The number of para-hydroxylation sites is 1. The van der Waals surface area contributed by atoms with Gasteiger partial charge in [-0.1, -0.05) is 22.0 Å². The number of fused-ring (bicyclic) bond motifs is 1. The number of halogens is 4. The summed E-state index contributed by atoms with van der Waals surface area (Å²) in [5.74, 6) is 0.478. The predicted octanol–water partition coefficient (Wildman–Crippen LogP) is 5.43. The summed E-state index contributed by atoms with van der Waals surface area (Å²) in [6.45, 7) is 0. The molecule has 0 aliphatic carbocycles. The second kappa shape index (κ2) is 5.47. The Labute approximate surface area is 136 Å². The first kappa shape index (κ1) is 14.0. The van der Waals surface area contributed by atoms with Gasteiger partial charge >= 0.3 is 0 Å². The van der Waals surface area contributed by atoms with Gasteiger partial charge in [0.15, 0.2) is 0 Å². The summed E-state index contributed by atoms with van der Waals surface area (Å²) >= 11 is 12.8. The van der Waals surface area contributed by atoms with E-state index < -0.39 is 0 Å². The predicted molar refractivity (Wildman–Crippen MR) is 86.0 cm³/mol. The molecule has 6 heteroatoms. The van der Waals surface area contributed by atoms with Crippen LogP contribution < -0.4 is 0 Å². The fourth-order valence-corrected chi connectivity index (χ4v) is 3.19. The van der Waals surface area contributed by atoms with E-state index in [1.165, 1.54) is 6.07 Å². The number of aromatic nitrogens is 2. The van der Waals surface area contributed by atoms with Crippen LogP contribution in [0.2, 0.25) is 0 Å². The molecule has 1 heterocycles. The molecule has 0 saturated carbocycles. The van der Waals surface area contributed by atoms with Crippen molar-refractivity contribution in [3.05, 3.63) is 57.0 Å². The van der Waals surface area contributed by atoms with Gasteiger partial charge < -0.3 is 0 Å². The molecule has 1 aromatic heterocycles. The number of alkyl halides is 1. The SMILES string of the molecule is Fc1cccc(Br)c1-n1c(CCl)nc2cc(Br)ccc21. The van der Waals surface area contributed by atoms with E-state index in [0.717, 1.165) is 15.5 Å². The molecule has 3 rings (SSSR count). The summed E-state index contributed by atoms with van der Waals surface area (Å²) in [4.78, 5) is 4.46.